The predicted octanol–water partition coefficient (Wildman–Crippen LogP) is 3.56. The van der Waals surface area contributed by atoms with Crippen LogP contribution in [-0.4, -0.2) is 37.0 Å². The number of aromatic nitrogens is 1. The van der Waals surface area contributed by atoms with E-state index < -0.39 is 0 Å². The van der Waals surface area contributed by atoms with Gasteiger partial charge >= 0.3 is 0 Å². The normalized spacial score (nSPS) is 11.2. The van der Waals surface area contributed by atoms with Gasteiger partial charge in [-0.3, -0.25) is 4.99 Å². The molecule has 2 rings (SSSR count). The van der Waals surface area contributed by atoms with Crippen LogP contribution in [-0.2, 0) is 24.4 Å². The molecule has 0 aliphatic rings. The minimum absolute atomic E-state index is 0. The highest BCUT2D eigenvalue weighted by Gasteiger charge is 2.09. The molecule has 5 nitrogen and oxygen atoms in total. The van der Waals surface area contributed by atoms with Gasteiger partial charge in [0.25, 0.3) is 0 Å². The summed E-state index contributed by atoms with van der Waals surface area (Å²) in [4.78, 5) is 10.8. The second-order valence-corrected chi connectivity index (χ2v) is 6.54. The van der Waals surface area contributed by atoms with Crippen LogP contribution in [0.5, 0.6) is 0 Å². The number of nitrogens with one attached hydrogen (secondary N) is 1. The highest BCUT2D eigenvalue weighted by molar-refractivity contribution is 14.0. The summed E-state index contributed by atoms with van der Waals surface area (Å²) in [5.74, 6) is 0.513. The predicted molar refractivity (Wildman–Crippen MR) is 111 cm³/mol. The van der Waals surface area contributed by atoms with Gasteiger partial charge in [0.15, 0.2) is 5.96 Å². The molecule has 138 valence electrons. The van der Waals surface area contributed by atoms with Gasteiger partial charge in [-0.15, -0.1) is 35.3 Å². The monoisotopic (exact) mass is 478 g/mol. The summed E-state index contributed by atoms with van der Waals surface area (Å²) in [6.07, 6.45) is 0. The summed E-state index contributed by atoms with van der Waals surface area (Å²) < 4.78 is 18.7. The summed E-state index contributed by atoms with van der Waals surface area (Å²) in [5, 5.41) is 6.40. The SMILES string of the molecule is CN=C(NCc1ccc(F)c(COC)c1)N(C)Cc1csc(C)n1.I. The third-order valence-electron chi connectivity index (χ3n) is 3.50. The van der Waals surface area contributed by atoms with E-state index in [0.717, 1.165) is 22.2 Å². The minimum atomic E-state index is -0.249. The van der Waals surface area contributed by atoms with E-state index in [1.807, 2.05) is 24.9 Å². The highest BCUT2D eigenvalue weighted by atomic mass is 127. The van der Waals surface area contributed by atoms with Gasteiger partial charge in [-0.1, -0.05) is 6.07 Å². The molecule has 0 radical (unpaired) electrons. The lowest BCUT2D eigenvalue weighted by Gasteiger charge is -2.21. The number of hydrogen-bond acceptors (Lipinski definition) is 4. The van der Waals surface area contributed by atoms with Gasteiger partial charge in [0, 0.05) is 38.7 Å². The van der Waals surface area contributed by atoms with Crippen LogP contribution < -0.4 is 5.32 Å². The number of benzene rings is 1. The van der Waals surface area contributed by atoms with Crippen LogP contribution in [0.1, 0.15) is 21.8 Å². The number of hydrogen-bond donors (Lipinski definition) is 1. The lowest BCUT2D eigenvalue weighted by molar-refractivity contribution is 0.181. The van der Waals surface area contributed by atoms with Crippen molar-refractivity contribution >= 4 is 41.3 Å². The molecule has 0 atom stereocenters. The van der Waals surface area contributed by atoms with Crippen LogP contribution in [0.3, 0.4) is 0 Å². The van der Waals surface area contributed by atoms with Crippen molar-refractivity contribution < 1.29 is 9.13 Å². The average Bonchev–Trinajstić information content (AvgIpc) is 2.96. The summed E-state index contributed by atoms with van der Waals surface area (Å²) in [5.41, 5.74) is 2.55. The molecule has 0 saturated carbocycles. The first-order valence-corrected chi connectivity index (χ1v) is 8.50. The van der Waals surface area contributed by atoms with Crippen molar-refractivity contribution in [2.45, 2.75) is 26.6 Å². The molecule has 0 fully saturated rings. The Hall–Kier alpha value is -1.26. The van der Waals surface area contributed by atoms with E-state index >= 15 is 0 Å². The Morgan fingerprint density at radius 1 is 1.44 bits per heavy atom. The Labute approximate surface area is 169 Å². The molecule has 2 aromatic rings. The number of ether oxygens (including phenoxy) is 1. The fraction of sp³-hybridized carbons (Fsp3) is 0.412. The molecule has 0 aliphatic heterocycles. The number of thiazole rings is 1. The molecule has 25 heavy (non-hydrogen) atoms. The largest absolute Gasteiger partial charge is 0.380 e. The smallest absolute Gasteiger partial charge is 0.194 e. The molecular formula is C17H24FIN4OS. The summed E-state index contributed by atoms with van der Waals surface area (Å²) in [6, 6.07) is 5.04. The highest BCUT2D eigenvalue weighted by Crippen LogP contribution is 2.12. The standard InChI is InChI=1S/C17H23FN4OS.HI/c1-12-21-15(11-24-12)9-22(3)17(19-2)20-8-13-5-6-16(18)14(7-13)10-23-4;/h5-7,11H,8-10H2,1-4H3,(H,19,20);1H. The fourth-order valence-electron chi connectivity index (χ4n) is 2.37. The maximum Gasteiger partial charge on any atom is 0.194 e. The second kappa shape index (κ2) is 10.7. The van der Waals surface area contributed by atoms with E-state index in [1.54, 1.807) is 31.6 Å². The van der Waals surface area contributed by atoms with E-state index in [9.17, 15) is 4.39 Å². The van der Waals surface area contributed by atoms with Crippen LogP contribution in [0.25, 0.3) is 0 Å². The molecule has 1 heterocycles. The maximum absolute atomic E-state index is 13.7. The van der Waals surface area contributed by atoms with Crippen molar-refractivity contribution in [3.05, 3.63) is 51.2 Å². The van der Waals surface area contributed by atoms with Crippen LogP contribution in [0.15, 0.2) is 28.6 Å². The van der Waals surface area contributed by atoms with Crippen LogP contribution >= 0.6 is 35.3 Å². The van der Waals surface area contributed by atoms with Gasteiger partial charge in [-0.2, -0.15) is 0 Å². The summed E-state index contributed by atoms with van der Waals surface area (Å²) in [7, 11) is 5.26. The molecule has 0 spiro atoms. The van der Waals surface area contributed by atoms with E-state index in [2.05, 4.69) is 20.7 Å². The van der Waals surface area contributed by atoms with Gasteiger partial charge in [0.05, 0.1) is 23.9 Å². The average molecular weight is 478 g/mol. The number of nitrogens with zero attached hydrogens (tertiary/aromatic N) is 3. The molecule has 0 bridgehead atoms. The van der Waals surface area contributed by atoms with Gasteiger partial charge in [0.2, 0.25) is 0 Å². The summed E-state index contributed by atoms with van der Waals surface area (Å²) in [6.45, 7) is 3.50. The fourth-order valence-corrected chi connectivity index (χ4v) is 2.97. The lowest BCUT2D eigenvalue weighted by atomic mass is 10.1. The van der Waals surface area contributed by atoms with E-state index in [0.29, 0.717) is 18.7 Å². The third-order valence-corrected chi connectivity index (χ3v) is 4.32. The molecule has 1 N–H and O–H groups in total. The molecule has 1 aromatic carbocycles. The van der Waals surface area contributed by atoms with Gasteiger partial charge < -0.3 is 15.0 Å². The van der Waals surface area contributed by atoms with Crippen molar-refractivity contribution in [1.82, 2.24) is 15.2 Å². The molecular weight excluding hydrogens is 454 g/mol. The molecule has 0 unspecified atom stereocenters. The number of aliphatic imine (C=N–C) groups is 1. The van der Waals surface area contributed by atoms with Gasteiger partial charge in [0.1, 0.15) is 5.82 Å². The Balaban J connectivity index is 0.00000312. The zero-order chi connectivity index (χ0) is 17.5. The van der Waals surface area contributed by atoms with Crippen molar-refractivity contribution in [2.75, 3.05) is 21.2 Å². The Morgan fingerprint density at radius 2 is 2.20 bits per heavy atom. The van der Waals surface area contributed by atoms with Crippen molar-refractivity contribution in [3.8, 4) is 0 Å². The van der Waals surface area contributed by atoms with Crippen LogP contribution in [0.2, 0.25) is 0 Å². The number of rotatable bonds is 6. The van der Waals surface area contributed by atoms with Crippen molar-refractivity contribution in [2.24, 2.45) is 4.99 Å². The zero-order valence-electron chi connectivity index (χ0n) is 14.9. The number of halogens is 2. The van der Waals surface area contributed by atoms with E-state index in [4.69, 9.17) is 4.74 Å². The molecule has 8 heteroatoms. The Morgan fingerprint density at radius 3 is 2.80 bits per heavy atom. The third kappa shape index (κ3) is 6.52. The van der Waals surface area contributed by atoms with E-state index in [-0.39, 0.29) is 36.4 Å². The summed E-state index contributed by atoms with van der Waals surface area (Å²) >= 11 is 1.64. The first-order chi connectivity index (χ1) is 11.5. The number of aryl methyl sites for hydroxylation is 1. The first-order valence-electron chi connectivity index (χ1n) is 7.62. The maximum atomic E-state index is 13.7. The lowest BCUT2D eigenvalue weighted by Crippen LogP contribution is -2.38. The molecule has 0 saturated heterocycles. The van der Waals surface area contributed by atoms with Gasteiger partial charge in [-0.05, 0) is 24.6 Å². The van der Waals surface area contributed by atoms with Crippen molar-refractivity contribution in [3.63, 3.8) is 0 Å². The van der Waals surface area contributed by atoms with Crippen molar-refractivity contribution in [1.29, 1.82) is 0 Å². The molecule has 0 amide bonds. The first kappa shape index (κ1) is 21.8. The minimum Gasteiger partial charge on any atom is -0.380 e. The van der Waals surface area contributed by atoms with E-state index in [1.165, 1.54) is 6.07 Å². The second-order valence-electron chi connectivity index (χ2n) is 5.47. The number of guanidine groups is 1. The zero-order valence-corrected chi connectivity index (χ0v) is 18.0. The Bertz CT molecular complexity index is 708. The Kier molecular flexibility index (Phi) is 9.30. The molecule has 0 aliphatic carbocycles. The van der Waals surface area contributed by atoms with Crippen LogP contribution in [0.4, 0.5) is 4.39 Å². The van der Waals surface area contributed by atoms with Gasteiger partial charge in [-0.25, -0.2) is 9.37 Å². The quantitative estimate of drug-likeness (QED) is 0.392. The van der Waals surface area contributed by atoms with Crippen LogP contribution in [0, 0.1) is 12.7 Å². The topological polar surface area (TPSA) is 49.8 Å². The molecule has 1 aromatic heterocycles. The number of methoxy groups -OCH3 is 1.